The quantitative estimate of drug-likeness (QED) is 0.841. The van der Waals surface area contributed by atoms with Crippen molar-refractivity contribution in [2.75, 3.05) is 26.3 Å². The molecule has 1 fully saturated rings. The molecule has 0 spiro atoms. The van der Waals surface area contributed by atoms with Gasteiger partial charge in [0.2, 0.25) is 5.91 Å². The summed E-state index contributed by atoms with van der Waals surface area (Å²) in [6, 6.07) is 10.2. The van der Waals surface area contributed by atoms with E-state index in [1.165, 1.54) is 11.1 Å². The molecule has 1 aromatic carbocycles. The van der Waals surface area contributed by atoms with Gasteiger partial charge in [-0.15, -0.1) is 0 Å². The Labute approximate surface area is 126 Å². The van der Waals surface area contributed by atoms with Crippen molar-refractivity contribution in [2.45, 2.75) is 19.8 Å². The molecule has 0 bridgehead atoms. The topological polar surface area (TPSA) is 64.3 Å². The Morgan fingerprint density at radius 1 is 1.33 bits per heavy atom. The van der Waals surface area contributed by atoms with E-state index >= 15 is 0 Å². The van der Waals surface area contributed by atoms with Crippen molar-refractivity contribution < 1.29 is 9.53 Å². The van der Waals surface area contributed by atoms with Crippen molar-refractivity contribution in [2.24, 2.45) is 11.1 Å². The van der Waals surface area contributed by atoms with Gasteiger partial charge in [0.15, 0.2) is 0 Å². The van der Waals surface area contributed by atoms with E-state index in [1.54, 1.807) is 0 Å². The number of primary amides is 1. The van der Waals surface area contributed by atoms with Crippen LogP contribution in [0.5, 0.6) is 0 Å². The van der Waals surface area contributed by atoms with Crippen molar-refractivity contribution in [1.82, 2.24) is 5.32 Å². The predicted molar refractivity (Wildman–Crippen MR) is 84.6 cm³/mol. The van der Waals surface area contributed by atoms with Gasteiger partial charge in [-0.25, -0.2) is 0 Å². The SMILES string of the molecule is CC(=Cc1ccccc1)CNCC1(C(N)=O)CCOCC1. The molecule has 114 valence electrons. The number of nitrogens with one attached hydrogen (secondary N) is 1. The van der Waals surface area contributed by atoms with Crippen LogP contribution in [0.15, 0.2) is 35.9 Å². The summed E-state index contributed by atoms with van der Waals surface area (Å²) in [5, 5.41) is 3.37. The molecule has 1 aliphatic rings. The summed E-state index contributed by atoms with van der Waals surface area (Å²) in [6.07, 6.45) is 3.56. The van der Waals surface area contributed by atoms with E-state index in [0.29, 0.717) is 32.6 Å². The lowest BCUT2D eigenvalue weighted by molar-refractivity contribution is -0.132. The largest absolute Gasteiger partial charge is 0.381 e. The Kier molecular flexibility index (Phi) is 5.53. The molecule has 1 saturated heterocycles. The lowest BCUT2D eigenvalue weighted by Gasteiger charge is -2.34. The van der Waals surface area contributed by atoms with Crippen molar-refractivity contribution in [1.29, 1.82) is 0 Å². The number of hydrogen-bond acceptors (Lipinski definition) is 3. The van der Waals surface area contributed by atoms with Crippen LogP contribution in [0, 0.1) is 5.41 Å². The molecular weight excluding hydrogens is 264 g/mol. The number of carbonyl (C=O) groups excluding carboxylic acids is 1. The minimum absolute atomic E-state index is 0.219. The molecule has 0 atom stereocenters. The molecule has 1 aliphatic heterocycles. The summed E-state index contributed by atoms with van der Waals surface area (Å²) in [6.45, 7) is 4.68. The maximum atomic E-state index is 11.8. The third kappa shape index (κ3) is 4.41. The smallest absolute Gasteiger partial charge is 0.225 e. The van der Waals surface area contributed by atoms with E-state index in [9.17, 15) is 4.79 Å². The molecule has 4 heteroatoms. The normalized spacial score (nSPS) is 18.4. The maximum Gasteiger partial charge on any atom is 0.225 e. The summed E-state index contributed by atoms with van der Waals surface area (Å²) in [7, 11) is 0. The molecule has 0 unspecified atom stereocenters. The summed E-state index contributed by atoms with van der Waals surface area (Å²) in [5.41, 5.74) is 7.56. The minimum Gasteiger partial charge on any atom is -0.381 e. The van der Waals surface area contributed by atoms with E-state index < -0.39 is 5.41 Å². The molecule has 0 saturated carbocycles. The standard InChI is InChI=1S/C17H24N2O2/c1-14(11-15-5-3-2-4-6-15)12-19-13-17(16(18)20)7-9-21-10-8-17/h2-6,11,19H,7-10,12-13H2,1H3,(H2,18,20). The predicted octanol–water partition coefficient (Wildman–Crippen LogP) is 1.96. The van der Waals surface area contributed by atoms with Gasteiger partial charge in [-0.3, -0.25) is 4.79 Å². The molecule has 0 radical (unpaired) electrons. The first-order chi connectivity index (χ1) is 10.1. The van der Waals surface area contributed by atoms with Crippen LogP contribution in [-0.4, -0.2) is 32.2 Å². The lowest BCUT2D eigenvalue weighted by atomic mass is 9.79. The molecular formula is C17H24N2O2. The molecule has 1 amide bonds. The highest BCUT2D eigenvalue weighted by atomic mass is 16.5. The molecule has 1 aromatic rings. The molecule has 4 nitrogen and oxygen atoms in total. The summed E-state index contributed by atoms with van der Waals surface area (Å²) < 4.78 is 5.33. The number of rotatable bonds is 6. The second-order valence-electron chi connectivity index (χ2n) is 5.76. The van der Waals surface area contributed by atoms with Gasteiger partial charge < -0.3 is 15.8 Å². The Morgan fingerprint density at radius 3 is 2.62 bits per heavy atom. The van der Waals surface area contributed by atoms with Crippen molar-refractivity contribution in [3.63, 3.8) is 0 Å². The van der Waals surface area contributed by atoms with Gasteiger partial charge in [-0.1, -0.05) is 42.0 Å². The second-order valence-corrected chi connectivity index (χ2v) is 5.76. The maximum absolute atomic E-state index is 11.8. The lowest BCUT2D eigenvalue weighted by Crippen LogP contribution is -2.48. The zero-order chi connectivity index (χ0) is 15.1. The van der Waals surface area contributed by atoms with Gasteiger partial charge in [0, 0.05) is 26.3 Å². The number of ether oxygens (including phenoxy) is 1. The van der Waals surface area contributed by atoms with Gasteiger partial charge in [-0.2, -0.15) is 0 Å². The number of amides is 1. The van der Waals surface area contributed by atoms with E-state index in [-0.39, 0.29) is 5.91 Å². The van der Waals surface area contributed by atoms with E-state index in [0.717, 1.165) is 6.54 Å². The average Bonchev–Trinajstić information content (AvgIpc) is 2.49. The van der Waals surface area contributed by atoms with Crippen molar-refractivity contribution >= 4 is 12.0 Å². The summed E-state index contributed by atoms with van der Waals surface area (Å²) in [4.78, 5) is 11.8. The zero-order valence-electron chi connectivity index (χ0n) is 12.6. The highest BCUT2D eigenvalue weighted by molar-refractivity contribution is 5.81. The molecule has 2 rings (SSSR count). The first kappa shape index (κ1) is 15.7. The number of nitrogens with two attached hydrogens (primary N) is 1. The Balaban J connectivity index is 1.87. The van der Waals surface area contributed by atoms with Crippen LogP contribution in [0.2, 0.25) is 0 Å². The number of benzene rings is 1. The average molecular weight is 288 g/mol. The Morgan fingerprint density at radius 2 is 2.00 bits per heavy atom. The molecule has 0 aliphatic carbocycles. The summed E-state index contributed by atoms with van der Waals surface area (Å²) >= 11 is 0. The van der Waals surface area contributed by atoms with E-state index in [2.05, 4.69) is 30.4 Å². The molecule has 0 aromatic heterocycles. The minimum atomic E-state index is -0.453. The highest BCUT2D eigenvalue weighted by Gasteiger charge is 2.37. The fraction of sp³-hybridized carbons (Fsp3) is 0.471. The van der Waals surface area contributed by atoms with Crippen LogP contribution in [0.4, 0.5) is 0 Å². The van der Waals surface area contributed by atoms with Crippen molar-refractivity contribution in [3.8, 4) is 0 Å². The third-order valence-corrected chi connectivity index (χ3v) is 4.05. The first-order valence-electron chi connectivity index (χ1n) is 7.43. The van der Waals surface area contributed by atoms with Gasteiger partial charge in [0.1, 0.15) is 0 Å². The molecule has 21 heavy (non-hydrogen) atoms. The van der Waals surface area contributed by atoms with Crippen LogP contribution in [-0.2, 0) is 9.53 Å². The van der Waals surface area contributed by atoms with Gasteiger partial charge in [0.25, 0.3) is 0 Å². The van der Waals surface area contributed by atoms with E-state index in [1.807, 2.05) is 18.2 Å². The fourth-order valence-electron chi connectivity index (χ4n) is 2.66. The highest BCUT2D eigenvalue weighted by Crippen LogP contribution is 2.29. The number of hydrogen-bond donors (Lipinski definition) is 2. The van der Waals surface area contributed by atoms with Crippen LogP contribution in [0.1, 0.15) is 25.3 Å². The van der Waals surface area contributed by atoms with E-state index in [4.69, 9.17) is 10.5 Å². The fourth-order valence-corrected chi connectivity index (χ4v) is 2.66. The Hall–Kier alpha value is -1.65. The first-order valence-corrected chi connectivity index (χ1v) is 7.43. The summed E-state index contributed by atoms with van der Waals surface area (Å²) in [5.74, 6) is -0.219. The van der Waals surface area contributed by atoms with Crippen molar-refractivity contribution in [3.05, 3.63) is 41.5 Å². The monoisotopic (exact) mass is 288 g/mol. The van der Waals surface area contributed by atoms with Gasteiger partial charge >= 0.3 is 0 Å². The number of carbonyl (C=O) groups is 1. The van der Waals surface area contributed by atoms with Crippen LogP contribution < -0.4 is 11.1 Å². The van der Waals surface area contributed by atoms with Crippen LogP contribution in [0.3, 0.4) is 0 Å². The van der Waals surface area contributed by atoms with Gasteiger partial charge in [0.05, 0.1) is 5.41 Å². The molecule has 3 N–H and O–H groups in total. The second kappa shape index (κ2) is 7.38. The third-order valence-electron chi connectivity index (χ3n) is 4.05. The van der Waals surface area contributed by atoms with Gasteiger partial charge in [-0.05, 0) is 25.3 Å². The zero-order valence-corrected chi connectivity index (χ0v) is 12.6. The van der Waals surface area contributed by atoms with Crippen LogP contribution >= 0.6 is 0 Å². The van der Waals surface area contributed by atoms with Crippen LogP contribution in [0.25, 0.3) is 6.08 Å². The Bertz CT molecular complexity index is 491. The molecule has 1 heterocycles.